The number of hydrogen-bond acceptors (Lipinski definition) is 6. The highest BCUT2D eigenvalue weighted by Gasteiger charge is 2.39. The van der Waals surface area contributed by atoms with Crippen LogP contribution in [0.5, 0.6) is 5.95 Å². The molecule has 2 aromatic heterocycles. The Morgan fingerprint density at radius 1 is 1.39 bits per heavy atom. The fourth-order valence-corrected chi connectivity index (χ4v) is 5.20. The number of nitrogens with one attached hydrogen (secondary N) is 2. The molecule has 2 fully saturated rings. The van der Waals surface area contributed by atoms with E-state index in [2.05, 4.69) is 10.6 Å². The van der Waals surface area contributed by atoms with Gasteiger partial charge in [0.1, 0.15) is 0 Å². The fraction of sp³-hybridized carbons (Fsp3) is 0.438. The molecule has 0 saturated carbocycles. The van der Waals surface area contributed by atoms with Crippen molar-refractivity contribution in [3.63, 3.8) is 0 Å². The van der Waals surface area contributed by atoms with Crippen molar-refractivity contribution in [2.24, 2.45) is 0 Å². The number of amides is 1. The lowest BCUT2D eigenvalue weighted by molar-refractivity contribution is 0.0935. The number of rotatable bonds is 5. The van der Waals surface area contributed by atoms with Crippen LogP contribution >= 0.6 is 23.1 Å². The van der Waals surface area contributed by atoms with E-state index in [1.807, 2.05) is 18.2 Å². The van der Waals surface area contributed by atoms with Crippen LogP contribution in [-0.2, 0) is 0 Å². The molecule has 5 nitrogen and oxygen atoms in total. The van der Waals surface area contributed by atoms with E-state index >= 15 is 0 Å². The van der Waals surface area contributed by atoms with E-state index in [4.69, 9.17) is 9.15 Å². The maximum atomic E-state index is 12.4. The molecule has 7 heteroatoms. The first-order valence-corrected chi connectivity index (χ1v) is 9.33. The van der Waals surface area contributed by atoms with Gasteiger partial charge in [0.2, 0.25) is 0 Å². The van der Waals surface area contributed by atoms with Crippen molar-refractivity contribution in [1.82, 2.24) is 10.6 Å². The molecule has 23 heavy (non-hydrogen) atoms. The van der Waals surface area contributed by atoms with E-state index in [1.165, 1.54) is 35.9 Å². The predicted molar refractivity (Wildman–Crippen MR) is 89.5 cm³/mol. The zero-order valence-corrected chi connectivity index (χ0v) is 14.3. The molecule has 3 atom stereocenters. The monoisotopic (exact) mass is 350 g/mol. The lowest BCUT2D eigenvalue weighted by Crippen LogP contribution is -2.42. The summed E-state index contributed by atoms with van der Waals surface area (Å²) in [6, 6.07) is 8.80. The molecule has 2 aliphatic rings. The molecule has 2 N–H and O–H groups in total. The Hall–Kier alpha value is -1.44. The SMILES string of the molecule is COc1ccc(Sc2ccc(C(=O)NC3CC4CCC3N4)s2)o1. The highest BCUT2D eigenvalue weighted by atomic mass is 32.2. The minimum Gasteiger partial charge on any atom is -0.468 e. The first-order valence-electron chi connectivity index (χ1n) is 7.69. The van der Waals surface area contributed by atoms with E-state index in [0.717, 1.165) is 20.6 Å². The van der Waals surface area contributed by atoms with Crippen molar-refractivity contribution < 1.29 is 13.9 Å². The first kappa shape index (κ1) is 15.1. The topological polar surface area (TPSA) is 63.5 Å². The Morgan fingerprint density at radius 2 is 2.30 bits per heavy atom. The molecule has 4 rings (SSSR count). The number of thiophene rings is 1. The van der Waals surface area contributed by atoms with Crippen LogP contribution in [-0.4, -0.2) is 31.1 Å². The number of fused-ring (bicyclic) bond motifs is 2. The van der Waals surface area contributed by atoms with Crippen LogP contribution in [0.3, 0.4) is 0 Å². The number of carbonyl (C=O) groups excluding carboxylic acids is 1. The van der Waals surface area contributed by atoms with Gasteiger partial charge in [0.15, 0.2) is 5.09 Å². The summed E-state index contributed by atoms with van der Waals surface area (Å²) < 4.78 is 11.5. The van der Waals surface area contributed by atoms with Crippen LogP contribution in [0, 0.1) is 0 Å². The van der Waals surface area contributed by atoms with Crippen molar-refractivity contribution in [3.8, 4) is 5.95 Å². The van der Waals surface area contributed by atoms with Gasteiger partial charge in [0.05, 0.1) is 16.2 Å². The summed E-state index contributed by atoms with van der Waals surface area (Å²) in [5, 5.41) is 7.47. The zero-order chi connectivity index (χ0) is 15.8. The molecular formula is C16H18N2O3S2. The number of carbonyl (C=O) groups is 1. The molecule has 2 aliphatic heterocycles. The van der Waals surface area contributed by atoms with E-state index in [1.54, 1.807) is 13.2 Å². The van der Waals surface area contributed by atoms with Gasteiger partial charge in [-0.15, -0.1) is 11.3 Å². The van der Waals surface area contributed by atoms with E-state index in [9.17, 15) is 4.79 Å². The molecule has 0 aliphatic carbocycles. The molecule has 3 unspecified atom stereocenters. The highest BCUT2D eigenvalue weighted by Crippen LogP contribution is 2.36. The number of methoxy groups -OCH3 is 1. The summed E-state index contributed by atoms with van der Waals surface area (Å²) in [5.41, 5.74) is 0. The molecule has 2 bridgehead atoms. The van der Waals surface area contributed by atoms with Crippen LogP contribution in [0.15, 0.2) is 38.0 Å². The van der Waals surface area contributed by atoms with Gasteiger partial charge in [0.25, 0.3) is 11.9 Å². The molecule has 122 valence electrons. The molecule has 0 spiro atoms. The van der Waals surface area contributed by atoms with Crippen molar-refractivity contribution >= 4 is 29.0 Å². The Kier molecular flexibility index (Phi) is 4.09. The summed E-state index contributed by atoms with van der Waals surface area (Å²) in [6.07, 6.45) is 3.46. The van der Waals surface area contributed by atoms with Crippen LogP contribution in [0.4, 0.5) is 0 Å². The summed E-state index contributed by atoms with van der Waals surface area (Å²) in [4.78, 5) is 13.2. The van der Waals surface area contributed by atoms with Gasteiger partial charge in [-0.2, -0.15) is 0 Å². The van der Waals surface area contributed by atoms with Gasteiger partial charge < -0.3 is 19.8 Å². The average Bonchev–Trinajstić information content (AvgIpc) is 3.32. The maximum Gasteiger partial charge on any atom is 0.285 e. The second kappa shape index (κ2) is 6.22. The minimum atomic E-state index is 0.0261. The maximum absolute atomic E-state index is 12.4. The predicted octanol–water partition coefficient (Wildman–Crippen LogP) is 3.12. The van der Waals surface area contributed by atoms with Gasteiger partial charge in [-0.05, 0) is 49.2 Å². The Bertz CT molecular complexity index is 712. The lowest BCUT2D eigenvalue weighted by atomic mass is 9.95. The van der Waals surface area contributed by atoms with Gasteiger partial charge in [-0.1, -0.05) is 0 Å². The van der Waals surface area contributed by atoms with Gasteiger partial charge >= 0.3 is 0 Å². The van der Waals surface area contributed by atoms with Gasteiger partial charge in [0, 0.05) is 24.2 Å². The van der Waals surface area contributed by atoms with E-state index in [0.29, 0.717) is 18.0 Å². The third kappa shape index (κ3) is 3.13. The van der Waals surface area contributed by atoms with Crippen LogP contribution in [0.2, 0.25) is 0 Å². The van der Waals surface area contributed by atoms with Gasteiger partial charge in [-0.25, -0.2) is 0 Å². The molecule has 1 amide bonds. The van der Waals surface area contributed by atoms with Crippen molar-refractivity contribution in [2.45, 2.75) is 46.7 Å². The lowest BCUT2D eigenvalue weighted by Gasteiger charge is -2.20. The van der Waals surface area contributed by atoms with E-state index in [-0.39, 0.29) is 11.9 Å². The standard InChI is InChI=1S/C16H18N2O3S2/c1-20-13-5-6-14(21-13)23-15-7-4-12(22-15)16(19)18-11-8-9-2-3-10(11)17-9/h4-7,9-11,17H,2-3,8H2,1H3,(H,18,19). The number of hydrogen-bond donors (Lipinski definition) is 2. The summed E-state index contributed by atoms with van der Waals surface area (Å²) in [7, 11) is 1.57. The van der Waals surface area contributed by atoms with Gasteiger partial charge in [-0.3, -0.25) is 4.79 Å². The minimum absolute atomic E-state index is 0.0261. The van der Waals surface area contributed by atoms with Crippen LogP contribution in [0.25, 0.3) is 0 Å². The third-order valence-corrected chi connectivity index (χ3v) is 6.52. The highest BCUT2D eigenvalue weighted by molar-refractivity contribution is 8.01. The molecular weight excluding hydrogens is 332 g/mol. The Morgan fingerprint density at radius 3 is 3.00 bits per heavy atom. The Labute approximate surface area is 142 Å². The summed E-state index contributed by atoms with van der Waals surface area (Å²) in [6.45, 7) is 0. The second-order valence-electron chi connectivity index (χ2n) is 5.86. The van der Waals surface area contributed by atoms with Crippen molar-refractivity contribution in [2.75, 3.05) is 7.11 Å². The molecule has 2 saturated heterocycles. The normalized spacial score (nSPS) is 25.7. The first-order chi connectivity index (χ1) is 11.2. The zero-order valence-electron chi connectivity index (χ0n) is 12.7. The second-order valence-corrected chi connectivity index (χ2v) is 8.25. The van der Waals surface area contributed by atoms with Crippen LogP contribution < -0.4 is 15.4 Å². The average molecular weight is 350 g/mol. The quantitative estimate of drug-likeness (QED) is 0.867. The largest absolute Gasteiger partial charge is 0.468 e. The Balaban J connectivity index is 1.38. The third-order valence-electron chi connectivity index (χ3n) is 4.38. The summed E-state index contributed by atoms with van der Waals surface area (Å²) >= 11 is 2.98. The number of furan rings is 1. The summed E-state index contributed by atoms with van der Waals surface area (Å²) in [5.74, 6) is 0.518. The van der Waals surface area contributed by atoms with Crippen molar-refractivity contribution in [3.05, 3.63) is 29.1 Å². The molecule has 2 aromatic rings. The molecule has 0 aromatic carbocycles. The smallest absolute Gasteiger partial charge is 0.285 e. The van der Waals surface area contributed by atoms with Crippen molar-refractivity contribution in [1.29, 1.82) is 0 Å². The fourth-order valence-electron chi connectivity index (χ4n) is 3.29. The molecule has 4 heterocycles. The van der Waals surface area contributed by atoms with E-state index < -0.39 is 0 Å². The van der Waals surface area contributed by atoms with Crippen LogP contribution in [0.1, 0.15) is 28.9 Å². The number of ether oxygens (including phenoxy) is 1. The molecule has 0 radical (unpaired) electrons.